The van der Waals surface area contributed by atoms with E-state index in [1.165, 1.54) is 22.8 Å². The van der Waals surface area contributed by atoms with Gasteiger partial charge >= 0.3 is 7.12 Å². The largest absolute Gasteiger partial charge is 0.506 e. The molecular formula is C8H6BFO3S. The van der Waals surface area contributed by atoms with Gasteiger partial charge in [-0.3, -0.25) is 0 Å². The molecule has 2 rings (SSSR count). The van der Waals surface area contributed by atoms with E-state index in [0.29, 0.717) is 4.70 Å². The fourth-order valence-electron chi connectivity index (χ4n) is 1.37. The number of hydrogen-bond acceptors (Lipinski definition) is 4. The Balaban J connectivity index is 2.87. The molecule has 1 aromatic heterocycles. The van der Waals surface area contributed by atoms with E-state index >= 15 is 0 Å². The fourth-order valence-corrected chi connectivity index (χ4v) is 2.20. The third-order valence-corrected chi connectivity index (χ3v) is 2.90. The maximum absolute atomic E-state index is 13.2. The number of benzene rings is 1. The molecule has 0 saturated carbocycles. The zero-order chi connectivity index (χ0) is 10.3. The van der Waals surface area contributed by atoms with Crippen LogP contribution >= 0.6 is 11.3 Å². The maximum Gasteiger partial charge on any atom is 0.492 e. The number of aromatic hydroxyl groups is 1. The van der Waals surface area contributed by atoms with Crippen molar-refractivity contribution in [2.24, 2.45) is 0 Å². The summed E-state index contributed by atoms with van der Waals surface area (Å²) in [6, 6.07) is 2.63. The van der Waals surface area contributed by atoms with Crippen LogP contribution in [-0.4, -0.2) is 22.3 Å². The van der Waals surface area contributed by atoms with Crippen LogP contribution in [0.3, 0.4) is 0 Å². The monoisotopic (exact) mass is 212 g/mol. The second-order valence-corrected chi connectivity index (χ2v) is 3.74. The van der Waals surface area contributed by atoms with Gasteiger partial charge in [-0.2, -0.15) is 0 Å². The Hall–Kier alpha value is -1.11. The van der Waals surface area contributed by atoms with Crippen molar-refractivity contribution in [2.75, 3.05) is 0 Å². The van der Waals surface area contributed by atoms with Crippen LogP contribution in [-0.2, 0) is 0 Å². The summed E-state index contributed by atoms with van der Waals surface area (Å²) in [6.45, 7) is 0. The molecule has 1 heterocycles. The van der Waals surface area contributed by atoms with Gasteiger partial charge in [-0.15, -0.1) is 11.3 Å². The summed E-state index contributed by atoms with van der Waals surface area (Å²) < 4.78 is 13.8. The minimum Gasteiger partial charge on any atom is -0.506 e. The molecule has 0 aliphatic rings. The quantitative estimate of drug-likeness (QED) is 0.600. The molecule has 0 aliphatic carbocycles. The molecule has 0 spiro atoms. The first-order valence-electron chi connectivity index (χ1n) is 3.86. The van der Waals surface area contributed by atoms with E-state index in [1.807, 2.05) is 0 Å². The minimum absolute atomic E-state index is 0.132. The Morgan fingerprint density at radius 3 is 2.64 bits per heavy atom. The first kappa shape index (κ1) is 9.45. The van der Waals surface area contributed by atoms with Crippen molar-refractivity contribution >= 4 is 34.0 Å². The smallest absolute Gasteiger partial charge is 0.492 e. The standard InChI is InChI=1S/C8H6BFO3S/c10-4-1-2-6-7(5(11)3-14-6)8(4)9(12)13/h1-3,11-13H. The van der Waals surface area contributed by atoms with Crippen molar-refractivity contribution in [1.29, 1.82) is 0 Å². The maximum atomic E-state index is 13.2. The Labute approximate surface area is 83.2 Å². The van der Waals surface area contributed by atoms with Crippen LogP contribution in [0.5, 0.6) is 5.75 Å². The SMILES string of the molecule is OB(O)c1c(F)ccc2scc(O)c12. The van der Waals surface area contributed by atoms with Gasteiger partial charge in [0, 0.05) is 20.9 Å². The third kappa shape index (κ3) is 1.28. The molecular weight excluding hydrogens is 206 g/mol. The van der Waals surface area contributed by atoms with Gasteiger partial charge in [-0.25, -0.2) is 4.39 Å². The van der Waals surface area contributed by atoms with Gasteiger partial charge in [0.05, 0.1) is 0 Å². The van der Waals surface area contributed by atoms with Crippen molar-refractivity contribution in [1.82, 2.24) is 0 Å². The van der Waals surface area contributed by atoms with Crippen molar-refractivity contribution in [2.45, 2.75) is 0 Å². The summed E-state index contributed by atoms with van der Waals surface area (Å²) in [5, 5.41) is 28.9. The van der Waals surface area contributed by atoms with Crippen LogP contribution in [0.25, 0.3) is 10.1 Å². The molecule has 3 nitrogen and oxygen atoms in total. The molecule has 0 amide bonds. The summed E-state index contributed by atoms with van der Waals surface area (Å²) in [7, 11) is -1.92. The van der Waals surface area contributed by atoms with E-state index in [-0.39, 0.29) is 16.6 Å². The van der Waals surface area contributed by atoms with Crippen LogP contribution in [0.2, 0.25) is 0 Å². The molecule has 0 fully saturated rings. The van der Waals surface area contributed by atoms with Gasteiger partial charge in [0.15, 0.2) is 0 Å². The van der Waals surface area contributed by atoms with Crippen molar-refractivity contribution in [3.05, 3.63) is 23.3 Å². The van der Waals surface area contributed by atoms with Gasteiger partial charge in [-0.05, 0) is 12.1 Å². The lowest BCUT2D eigenvalue weighted by atomic mass is 9.77. The Kier molecular flexibility index (Phi) is 2.18. The number of hydrogen-bond donors (Lipinski definition) is 3. The Morgan fingerprint density at radius 1 is 1.29 bits per heavy atom. The second-order valence-electron chi connectivity index (χ2n) is 2.83. The molecule has 0 aliphatic heterocycles. The summed E-state index contributed by atoms with van der Waals surface area (Å²) in [5.41, 5.74) is -0.277. The van der Waals surface area contributed by atoms with Crippen molar-refractivity contribution < 1.29 is 19.5 Å². The van der Waals surface area contributed by atoms with E-state index in [2.05, 4.69) is 0 Å². The highest BCUT2D eigenvalue weighted by Gasteiger charge is 2.22. The van der Waals surface area contributed by atoms with Gasteiger partial charge < -0.3 is 15.2 Å². The minimum atomic E-state index is -1.92. The van der Waals surface area contributed by atoms with E-state index in [1.54, 1.807) is 0 Å². The van der Waals surface area contributed by atoms with Gasteiger partial charge in [0.25, 0.3) is 0 Å². The number of halogens is 1. The third-order valence-electron chi connectivity index (χ3n) is 1.97. The number of fused-ring (bicyclic) bond motifs is 1. The van der Waals surface area contributed by atoms with Gasteiger partial charge in [0.1, 0.15) is 11.6 Å². The molecule has 3 N–H and O–H groups in total. The second kappa shape index (κ2) is 3.23. The molecule has 0 unspecified atom stereocenters. The molecule has 0 saturated heterocycles. The molecule has 1 aromatic carbocycles. The Bertz CT molecular complexity index is 483. The fraction of sp³-hybridized carbons (Fsp3) is 0. The van der Waals surface area contributed by atoms with Crippen LogP contribution in [0, 0.1) is 5.82 Å². The predicted molar refractivity (Wildman–Crippen MR) is 53.3 cm³/mol. The van der Waals surface area contributed by atoms with Crippen LogP contribution in [0.4, 0.5) is 4.39 Å². The molecule has 72 valence electrons. The predicted octanol–water partition coefficient (Wildman–Crippen LogP) is 0.426. The highest BCUT2D eigenvalue weighted by molar-refractivity contribution is 7.17. The summed E-state index contributed by atoms with van der Waals surface area (Å²) >= 11 is 1.22. The molecule has 0 atom stereocenters. The summed E-state index contributed by atoms with van der Waals surface area (Å²) in [6.07, 6.45) is 0. The van der Waals surface area contributed by atoms with Crippen molar-refractivity contribution in [3.8, 4) is 5.75 Å². The van der Waals surface area contributed by atoms with Gasteiger partial charge in [0.2, 0.25) is 0 Å². The zero-order valence-electron chi connectivity index (χ0n) is 6.94. The lowest BCUT2D eigenvalue weighted by Gasteiger charge is -2.03. The number of rotatable bonds is 1. The summed E-state index contributed by atoms with van der Waals surface area (Å²) in [5.74, 6) is -0.867. The average Bonchev–Trinajstić information content (AvgIpc) is 2.47. The van der Waals surface area contributed by atoms with E-state index in [0.717, 1.165) is 6.07 Å². The molecule has 14 heavy (non-hydrogen) atoms. The van der Waals surface area contributed by atoms with Crippen LogP contribution in [0.15, 0.2) is 17.5 Å². The van der Waals surface area contributed by atoms with Crippen LogP contribution in [0.1, 0.15) is 0 Å². The van der Waals surface area contributed by atoms with E-state index in [4.69, 9.17) is 10.0 Å². The number of thiophene rings is 1. The first-order chi connectivity index (χ1) is 6.61. The molecule has 2 aromatic rings. The lowest BCUT2D eigenvalue weighted by molar-refractivity contribution is 0.423. The van der Waals surface area contributed by atoms with E-state index in [9.17, 15) is 9.50 Å². The molecule has 0 radical (unpaired) electrons. The normalized spacial score (nSPS) is 10.8. The zero-order valence-corrected chi connectivity index (χ0v) is 7.75. The highest BCUT2D eigenvalue weighted by Crippen LogP contribution is 2.30. The van der Waals surface area contributed by atoms with Crippen molar-refractivity contribution in [3.63, 3.8) is 0 Å². The molecule has 6 heteroatoms. The van der Waals surface area contributed by atoms with Gasteiger partial charge in [-0.1, -0.05) is 0 Å². The first-order valence-corrected chi connectivity index (χ1v) is 4.74. The van der Waals surface area contributed by atoms with E-state index < -0.39 is 12.9 Å². The average molecular weight is 212 g/mol. The molecule has 0 bridgehead atoms. The Morgan fingerprint density at radius 2 is 2.00 bits per heavy atom. The lowest BCUT2D eigenvalue weighted by Crippen LogP contribution is -2.33. The topological polar surface area (TPSA) is 60.7 Å². The van der Waals surface area contributed by atoms with Crippen LogP contribution < -0.4 is 5.46 Å². The highest BCUT2D eigenvalue weighted by atomic mass is 32.1. The summed E-state index contributed by atoms with van der Waals surface area (Å²) in [4.78, 5) is 0.